The van der Waals surface area contributed by atoms with Gasteiger partial charge in [-0.25, -0.2) is 0 Å². The zero-order valence-electron chi connectivity index (χ0n) is 12.8. The third-order valence-electron chi connectivity index (χ3n) is 3.46. The minimum absolute atomic E-state index is 0.266. The van der Waals surface area contributed by atoms with E-state index in [1.165, 1.54) is 24.3 Å². The highest BCUT2D eigenvalue weighted by Gasteiger charge is 2.37. The van der Waals surface area contributed by atoms with Crippen LogP contribution in [0.1, 0.15) is 28.8 Å². The number of carbonyl (C=O) groups is 2. The van der Waals surface area contributed by atoms with Gasteiger partial charge in [-0.2, -0.15) is 8.78 Å². The Labute approximate surface area is 138 Å². The van der Waals surface area contributed by atoms with Crippen molar-refractivity contribution in [2.45, 2.75) is 18.8 Å². The molecule has 3 nitrogen and oxygen atoms in total. The quantitative estimate of drug-likeness (QED) is 0.463. The highest BCUT2D eigenvalue weighted by Crippen LogP contribution is 2.25. The molecule has 0 atom stereocenters. The van der Waals surface area contributed by atoms with Gasteiger partial charge in [0.25, 0.3) is 0 Å². The Morgan fingerprint density at radius 1 is 0.917 bits per heavy atom. The van der Waals surface area contributed by atoms with Crippen LogP contribution in [0, 0.1) is 0 Å². The van der Waals surface area contributed by atoms with Crippen molar-refractivity contribution >= 4 is 17.3 Å². The first-order valence-electron chi connectivity index (χ1n) is 7.37. The lowest BCUT2D eigenvalue weighted by atomic mass is 10.0. The number of carbonyl (C=O) groups excluding carboxylic acids is 2. The van der Waals surface area contributed by atoms with E-state index in [1.807, 2.05) is 0 Å². The summed E-state index contributed by atoms with van der Waals surface area (Å²) in [4.78, 5) is 23.5. The summed E-state index contributed by atoms with van der Waals surface area (Å²) in [5.41, 5.74) is 0.588. The van der Waals surface area contributed by atoms with Gasteiger partial charge in [-0.15, -0.1) is 0 Å². The van der Waals surface area contributed by atoms with Gasteiger partial charge in [0.1, 0.15) is 5.76 Å². The summed E-state index contributed by atoms with van der Waals surface area (Å²) in [6, 6.07) is 16.0. The first-order chi connectivity index (χ1) is 11.4. The number of halogens is 2. The second-order valence-corrected chi connectivity index (χ2v) is 5.25. The maximum absolute atomic E-state index is 13.9. The largest absolute Gasteiger partial charge is 0.507 e. The molecular formula is C19H16F2O3. The van der Waals surface area contributed by atoms with Crippen LogP contribution >= 0.6 is 0 Å². The smallest absolute Gasteiger partial charge is 0.309 e. The van der Waals surface area contributed by atoms with Crippen molar-refractivity contribution in [2.24, 2.45) is 0 Å². The summed E-state index contributed by atoms with van der Waals surface area (Å²) in [6.45, 7) is 0. The monoisotopic (exact) mass is 330 g/mol. The van der Waals surface area contributed by atoms with Gasteiger partial charge in [-0.1, -0.05) is 60.7 Å². The third kappa shape index (κ3) is 4.59. The fourth-order valence-corrected chi connectivity index (χ4v) is 2.08. The Bertz CT molecular complexity index is 738. The van der Waals surface area contributed by atoms with Crippen LogP contribution < -0.4 is 0 Å². The Morgan fingerprint density at radius 3 is 1.96 bits per heavy atom. The van der Waals surface area contributed by atoms with E-state index in [2.05, 4.69) is 0 Å². The number of benzene rings is 2. The van der Waals surface area contributed by atoms with Gasteiger partial charge >= 0.3 is 5.92 Å². The van der Waals surface area contributed by atoms with E-state index in [0.717, 1.165) is 0 Å². The molecule has 0 amide bonds. The minimum Gasteiger partial charge on any atom is -0.507 e. The minimum atomic E-state index is -3.72. The van der Waals surface area contributed by atoms with E-state index in [1.54, 1.807) is 36.4 Å². The molecule has 124 valence electrons. The second-order valence-electron chi connectivity index (χ2n) is 5.25. The Hall–Kier alpha value is -2.82. The fraction of sp³-hybridized carbons (Fsp3) is 0.158. The molecule has 1 N–H and O–H groups in total. The summed E-state index contributed by atoms with van der Waals surface area (Å²) in [5.74, 6) is -6.23. The molecule has 2 aromatic carbocycles. The van der Waals surface area contributed by atoms with E-state index in [4.69, 9.17) is 0 Å². The Kier molecular flexibility index (Phi) is 5.58. The predicted molar refractivity (Wildman–Crippen MR) is 87.0 cm³/mol. The molecule has 0 saturated heterocycles. The lowest BCUT2D eigenvalue weighted by molar-refractivity contribution is -0.138. The van der Waals surface area contributed by atoms with Crippen molar-refractivity contribution in [1.82, 2.24) is 0 Å². The second kappa shape index (κ2) is 7.64. The lowest BCUT2D eigenvalue weighted by Crippen LogP contribution is -2.28. The summed E-state index contributed by atoms with van der Waals surface area (Å²) >= 11 is 0. The molecule has 0 saturated carbocycles. The number of allylic oxidation sites excluding steroid dienone is 1. The number of ketones is 2. The fourth-order valence-electron chi connectivity index (χ4n) is 2.08. The zero-order chi connectivity index (χ0) is 17.6. The van der Waals surface area contributed by atoms with Crippen molar-refractivity contribution in [2.75, 3.05) is 0 Å². The molecule has 5 heteroatoms. The molecule has 0 radical (unpaired) electrons. The van der Waals surface area contributed by atoms with Crippen LogP contribution in [0.3, 0.4) is 0 Å². The highest BCUT2D eigenvalue weighted by molar-refractivity contribution is 6.01. The number of aliphatic hydroxyl groups excluding tert-OH is 1. The first kappa shape index (κ1) is 17.5. The topological polar surface area (TPSA) is 54.4 Å². The molecule has 0 heterocycles. The van der Waals surface area contributed by atoms with Crippen LogP contribution in [-0.2, 0) is 4.79 Å². The number of aliphatic hydroxyl groups is 1. The molecule has 0 unspecified atom stereocenters. The molecule has 0 aliphatic rings. The first-order valence-corrected chi connectivity index (χ1v) is 7.37. The molecule has 0 fully saturated rings. The molecule has 0 aromatic heterocycles. The third-order valence-corrected chi connectivity index (χ3v) is 3.46. The van der Waals surface area contributed by atoms with Crippen molar-refractivity contribution in [3.8, 4) is 0 Å². The average Bonchev–Trinajstić information content (AvgIpc) is 2.61. The van der Waals surface area contributed by atoms with Crippen LogP contribution in [0.2, 0.25) is 0 Å². The van der Waals surface area contributed by atoms with E-state index in [0.29, 0.717) is 11.6 Å². The molecular weight excluding hydrogens is 314 g/mol. The molecule has 0 aliphatic heterocycles. The van der Waals surface area contributed by atoms with Crippen molar-refractivity contribution < 1.29 is 23.5 Å². The van der Waals surface area contributed by atoms with Crippen molar-refractivity contribution in [3.05, 3.63) is 77.9 Å². The van der Waals surface area contributed by atoms with Gasteiger partial charge in [-0.3, -0.25) is 9.59 Å². The zero-order valence-corrected chi connectivity index (χ0v) is 12.8. The molecule has 0 aliphatic carbocycles. The normalized spacial score (nSPS) is 12.0. The van der Waals surface area contributed by atoms with E-state index in [9.17, 15) is 23.5 Å². The molecule has 0 bridgehead atoms. The molecule has 2 rings (SSSR count). The summed E-state index contributed by atoms with van der Waals surface area (Å²) in [5, 5.41) is 9.75. The maximum atomic E-state index is 13.9. The Morgan fingerprint density at radius 2 is 1.42 bits per heavy atom. The Balaban J connectivity index is 2.01. The number of hydrogen-bond acceptors (Lipinski definition) is 3. The van der Waals surface area contributed by atoms with Crippen LogP contribution in [0.5, 0.6) is 0 Å². The molecule has 2 aromatic rings. The average molecular weight is 330 g/mol. The number of alkyl halides is 2. The van der Waals surface area contributed by atoms with Crippen molar-refractivity contribution in [3.63, 3.8) is 0 Å². The number of Topliss-reactive ketones (excluding diaryl/α,β-unsaturated/α-hetero) is 1. The summed E-state index contributed by atoms with van der Waals surface area (Å²) in [7, 11) is 0. The van der Waals surface area contributed by atoms with Gasteiger partial charge < -0.3 is 5.11 Å². The molecule has 24 heavy (non-hydrogen) atoms. The van der Waals surface area contributed by atoms with Crippen LogP contribution in [0.15, 0.2) is 66.7 Å². The maximum Gasteiger partial charge on any atom is 0.309 e. The van der Waals surface area contributed by atoms with Crippen LogP contribution in [0.25, 0.3) is 5.76 Å². The van der Waals surface area contributed by atoms with E-state index < -0.39 is 36.1 Å². The molecule has 0 spiro atoms. The van der Waals surface area contributed by atoms with E-state index >= 15 is 0 Å². The number of rotatable bonds is 7. The number of hydrogen-bond donors (Lipinski definition) is 1. The summed E-state index contributed by atoms with van der Waals surface area (Å²) < 4.78 is 27.8. The van der Waals surface area contributed by atoms with E-state index in [-0.39, 0.29) is 5.56 Å². The summed E-state index contributed by atoms with van der Waals surface area (Å²) in [6.07, 6.45) is -0.858. The van der Waals surface area contributed by atoms with Gasteiger partial charge in [0.05, 0.1) is 0 Å². The van der Waals surface area contributed by atoms with Gasteiger partial charge in [-0.05, 0) is 0 Å². The SMILES string of the molecule is O=C(CCC(F)(F)C(=O)/C=C(\O)c1ccccc1)c1ccccc1. The standard InChI is InChI=1S/C19H16F2O3/c20-19(21,12-11-16(22)14-7-3-1-4-8-14)18(24)13-17(23)15-9-5-2-6-10-15/h1-10,13,23H,11-12H2/b17-13-. The highest BCUT2D eigenvalue weighted by atomic mass is 19.3. The van der Waals surface area contributed by atoms with Crippen LogP contribution in [-0.4, -0.2) is 22.6 Å². The van der Waals surface area contributed by atoms with Gasteiger partial charge in [0, 0.05) is 30.0 Å². The van der Waals surface area contributed by atoms with Crippen LogP contribution in [0.4, 0.5) is 8.78 Å². The van der Waals surface area contributed by atoms with Gasteiger partial charge in [0.2, 0.25) is 5.78 Å². The predicted octanol–water partition coefficient (Wildman–Crippen LogP) is 4.45. The van der Waals surface area contributed by atoms with Crippen molar-refractivity contribution in [1.29, 1.82) is 0 Å². The van der Waals surface area contributed by atoms with Gasteiger partial charge in [0.15, 0.2) is 5.78 Å². The lowest BCUT2D eigenvalue weighted by Gasteiger charge is -2.12.